The van der Waals surface area contributed by atoms with Crippen molar-refractivity contribution < 1.29 is 52.6 Å². The van der Waals surface area contributed by atoms with Gasteiger partial charge in [0.15, 0.2) is 12.4 Å². The number of ether oxygens (including phenoxy) is 5. The van der Waals surface area contributed by atoms with Gasteiger partial charge in [-0.3, -0.25) is 4.79 Å². The molecule has 5 saturated carbocycles. The third kappa shape index (κ3) is 4.67. The molecule has 3 N–H and O–H groups in total. The Labute approximate surface area is 290 Å². The molecule has 49 heavy (non-hydrogen) atoms. The lowest BCUT2D eigenvalue weighted by molar-refractivity contribution is -0.306. The predicted molar refractivity (Wildman–Crippen MR) is 174 cm³/mol. The molecule has 5 aliphatic carbocycles. The summed E-state index contributed by atoms with van der Waals surface area (Å²) in [5.41, 5.74) is -3.90. The van der Waals surface area contributed by atoms with E-state index in [2.05, 4.69) is 20.8 Å². The third-order valence-corrected chi connectivity index (χ3v) is 16.1. The number of fused-ring (bicyclic) bond motifs is 4. The van der Waals surface area contributed by atoms with E-state index in [0.29, 0.717) is 19.3 Å². The number of hydrogen-bond donors (Lipinski definition) is 3. The van der Waals surface area contributed by atoms with Crippen LogP contribution in [0.3, 0.4) is 0 Å². The van der Waals surface area contributed by atoms with Gasteiger partial charge in [-0.05, 0) is 111 Å². The second kappa shape index (κ2) is 11.3. The summed E-state index contributed by atoms with van der Waals surface area (Å²) in [7, 11) is 1.48. The molecule has 11 heteroatoms. The summed E-state index contributed by atoms with van der Waals surface area (Å²) in [6.07, 6.45) is -1.17. The summed E-state index contributed by atoms with van der Waals surface area (Å²) < 4.78 is 64.8. The minimum atomic E-state index is -3.13. The Morgan fingerprint density at radius 1 is 0.980 bits per heavy atom. The van der Waals surface area contributed by atoms with Crippen LogP contribution in [-0.4, -0.2) is 95.5 Å². The van der Waals surface area contributed by atoms with Crippen LogP contribution in [0.4, 0.5) is 8.78 Å². The van der Waals surface area contributed by atoms with Crippen molar-refractivity contribution in [3.63, 3.8) is 0 Å². The highest BCUT2D eigenvalue weighted by Gasteiger charge is 2.88. The number of methoxy groups -OCH3 is 1. The molecule has 2 aliphatic heterocycles. The average molecular weight is 699 g/mol. The van der Waals surface area contributed by atoms with E-state index < -0.39 is 71.2 Å². The molecule has 7 aliphatic rings. The van der Waals surface area contributed by atoms with E-state index in [4.69, 9.17) is 23.7 Å². The van der Waals surface area contributed by atoms with E-state index in [1.807, 2.05) is 13.8 Å². The predicted octanol–water partition coefficient (Wildman–Crippen LogP) is 5.26. The van der Waals surface area contributed by atoms with Gasteiger partial charge in [0.2, 0.25) is 0 Å². The van der Waals surface area contributed by atoms with Gasteiger partial charge in [-0.2, -0.15) is 0 Å². The first kappa shape index (κ1) is 36.4. The van der Waals surface area contributed by atoms with Gasteiger partial charge in [-0.15, -0.1) is 0 Å². The number of halogens is 2. The van der Waals surface area contributed by atoms with E-state index in [9.17, 15) is 20.1 Å². The topological polar surface area (TPSA) is 124 Å². The number of carbonyl (C=O) groups excluding carboxylic acids is 1. The van der Waals surface area contributed by atoms with Crippen molar-refractivity contribution >= 4 is 5.97 Å². The lowest BCUT2D eigenvalue weighted by Crippen LogP contribution is -2.62. The molecule has 4 unspecified atom stereocenters. The molecule has 2 saturated heterocycles. The number of rotatable bonds is 6. The SMILES string of the molecule is CO[C@@H]1COC(O[C@H]2CC[C@]34C[C@]35CC[C@]3(C)C6C(O[C@@H](C(OC(C)=O)C(C)(C)O)C[C@H]6C)C(F)(F)[C@@]3(C)[C@@H]5CC[C@H]4C2(C)C)[C@H](O)[C@H]1O. The van der Waals surface area contributed by atoms with Crippen LogP contribution in [-0.2, 0) is 28.5 Å². The molecule has 9 nitrogen and oxygen atoms in total. The Morgan fingerprint density at radius 3 is 2.27 bits per heavy atom. The third-order valence-electron chi connectivity index (χ3n) is 16.1. The van der Waals surface area contributed by atoms with Crippen LogP contribution in [0.5, 0.6) is 0 Å². The van der Waals surface area contributed by atoms with Gasteiger partial charge in [0.1, 0.15) is 24.4 Å². The number of esters is 1. The molecular weight excluding hydrogens is 638 g/mol. The van der Waals surface area contributed by atoms with Crippen LogP contribution >= 0.6 is 0 Å². The number of carbonyl (C=O) groups is 1. The Balaban J connectivity index is 1.16. The molecule has 0 radical (unpaired) electrons. The average Bonchev–Trinajstić information content (AvgIpc) is 3.65. The molecule has 0 aromatic carbocycles. The molecule has 0 bridgehead atoms. The van der Waals surface area contributed by atoms with Gasteiger partial charge in [-0.25, -0.2) is 8.78 Å². The summed E-state index contributed by atoms with van der Waals surface area (Å²) >= 11 is 0. The standard InChI is InChI=1S/C38H60F2O9/c1-19-16-21(29(33(5,6)44)47-20(2)41)48-30-26(19)34(7)14-15-37-18-36(37)13-12-25(49-31-28(43)27(42)22(45-9)17-46-31)32(3,4)23(36)10-11-24(37)35(34,8)38(30,39)40/h19,21-31,42-44H,10-18H2,1-9H3/t19-,21-,22-,23+,24+,25+,26?,27+,28-,29?,30?,31?,34-,35+,36-,37+/m1/s1. The Bertz CT molecular complexity index is 1320. The van der Waals surface area contributed by atoms with Crippen LogP contribution in [0.2, 0.25) is 0 Å². The summed E-state index contributed by atoms with van der Waals surface area (Å²) in [4.78, 5) is 12.0. The molecule has 0 amide bonds. The molecule has 16 atom stereocenters. The smallest absolute Gasteiger partial charge is 0.303 e. The number of aliphatic hydroxyl groups excluding tert-OH is 2. The van der Waals surface area contributed by atoms with Crippen molar-refractivity contribution in [2.45, 2.75) is 167 Å². The van der Waals surface area contributed by atoms with Crippen molar-refractivity contribution in [2.24, 2.45) is 50.7 Å². The number of hydrogen-bond acceptors (Lipinski definition) is 9. The Hall–Kier alpha value is -0.950. The van der Waals surface area contributed by atoms with Gasteiger partial charge in [0.25, 0.3) is 5.92 Å². The largest absolute Gasteiger partial charge is 0.457 e. The van der Waals surface area contributed by atoms with Gasteiger partial charge in [-0.1, -0.05) is 34.6 Å². The first-order chi connectivity index (χ1) is 22.6. The Kier molecular flexibility index (Phi) is 8.38. The molecule has 7 rings (SSSR count). The van der Waals surface area contributed by atoms with Gasteiger partial charge < -0.3 is 39.0 Å². The van der Waals surface area contributed by atoms with E-state index in [1.54, 1.807) is 0 Å². The molecule has 7 fully saturated rings. The summed E-state index contributed by atoms with van der Waals surface area (Å²) in [5.74, 6) is -4.06. The van der Waals surface area contributed by atoms with Crippen LogP contribution in [0, 0.1) is 50.7 Å². The molecule has 2 heterocycles. The highest BCUT2D eigenvalue weighted by molar-refractivity contribution is 5.66. The van der Waals surface area contributed by atoms with Crippen LogP contribution < -0.4 is 0 Å². The highest BCUT2D eigenvalue weighted by Crippen LogP contribution is 2.90. The zero-order valence-electron chi connectivity index (χ0n) is 30.8. The van der Waals surface area contributed by atoms with E-state index in [-0.39, 0.29) is 52.6 Å². The fraction of sp³-hybridized carbons (Fsp3) is 0.974. The van der Waals surface area contributed by atoms with Gasteiger partial charge >= 0.3 is 5.97 Å². The Morgan fingerprint density at radius 2 is 1.63 bits per heavy atom. The maximum atomic E-state index is 17.6. The number of aliphatic hydroxyl groups is 3. The van der Waals surface area contributed by atoms with Gasteiger partial charge in [0, 0.05) is 19.4 Å². The van der Waals surface area contributed by atoms with Crippen molar-refractivity contribution in [2.75, 3.05) is 13.7 Å². The monoisotopic (exact) mass is 698 g/mol. The zero-order chi connectivity index (χ0) is 35.9. The molecule has 2 spiro atoms. The van der Waals surface area contributed by atoms with E-state index in [1.165, 1.54) is 27.9 Å². The minimum absolute atomic E-state index is 0.0451. The fourth-order valence-electron chi connectivity index (χ4n) is 13.8. The first-order valence-electron chi connectivity index (χ1n) is 18.7. The molecule has 0 aromatic rings. The first-order valence-corrected chi connectivity index (χ1v) is 18.7. The molecule has 280 valence electrons. The van der Waals surface area contributed by atoms with Crippen molar-refractivity contribution in [1.82, 2.24) is 0 Å². The van der Waals surface area contributed by atoms with Crippen LogP contribution in [0.15, 0.2) is 0 Å². The van der Waals surface area contributed by atoms with Crippen molar-refractivity contribution in [3.05, 3.63) is 0 Å². The summed E-state index contributed by atoms with van der Waals surface area (Å²) in [6, 6.07) is 0. The molecule has 0 aromatic heterocycles. The fourth-order valence-corrected chi connectivity index (χ4v) is 13.8. The quantitative estimate of drug-likeness (QED) is 0.252. The van der Waals surface area contributed by atoms with E-state index >= 15 is 8.78 Å². The molecular formula is C38H60F2O9. The van der Waals surface area contributed by atoms with Gasteiger partial charge in [0.05, 0.1) is 24.4 Å². The van der Waals surface area contributed by atoms with Crippen LogP contribution in [0.1, 0.15) is 107 Å². The maximum Gasteiger partial charge on any atom is 0.303 e. The second-order valence-electron chi connectivity index (χ2n) is 18.9. The van der Waals surface area contributed by atoms with E-state index in [0.717, 1.165) is 32.1 Å². The second-order valence-corrected chi connectivity index (χ2v) is 18.9. The van der Waals surface area contributed by atoms with Crippen molar-refractivity contribution in [1.29, 1.82) is 0 Å². The summed E-state index contributed by atoms with van der Waals surface area (Å²) in [6.45, 7) is 14.9. The van der Waals surface area contributed by atoms with Crippen LogP contribution in [0.25, 0.3) is 0 Å². The number of alkyl halides is 2. The normalized spacial score (nSPS) is 53.2. The summed E-state index contributed by atoms with van der Waals surface area (Å²) in [5, 5.41) is 32.3. The zero-order valence-corrected chi connectivity index (χ0v) is 30.8. The highest BCUT2D eigenvalue weighted by atomic mass is 19.3. The maximum absolute atomic E-state index is 17.6. The lowest BCUT2D eigenvalue weighted by Gasteiger charge is -2.63. The minimum Gasteiger partial charge on any atom is -0.457 e. The lowest BCUT2D eigenvalue weighted by atomic mass is 9.41. The van der Waals surface area contributed by atoms with Crippen molar-refractivity contribution in [3.8, 4) is 0 Å².